The maximum atomic E-state index is 12.3. The normalized spacial score (nSPS) is 11.4. The van der Waals surface area contributed by atoms with E-state index in [4.69, 9.17) is 0 Å². The van der Waals surface area contributed by atoms with E-state index in [-0.39, 0.29) is 12.3 Å². The summed E-state index contributed by atoms with van der Waals surface area (Å²) in [6, 6.07) is 4.12. The first-order chi connectivity index (χ1) is 11.1. The van der Waals surface area contributed by atoms with Crippen molar-refractivity contribution in [1.82, 2.24) is 9.78 Å². The van der Waals surface area contributed by atoms with Gasteiger partial charge in [-0.1, -0.05) is 17.7 Å². The largest absolute Gasteiger partial charge is 0.479 e. The second-order valence-corrected chi connectivity index (χ2v) is 6.64. The fraction of sp³-hybridized carbons (Fsp3) is 0.389. The fourth-order valence-corrected chi connectivity index (χ4v) is 2.65. The number of carboxylic acids is 1. The Morgan fingerprint density at radius 2 is 1.79 bits per heavy atom. The van der Waals surface area contributed by atoms with Crippen LogP contribution in [-0.4, -0.2) is 26.8 Å². The van der Waals surface area contributed by atoms with E-state index >= 15 is 0 Å². The number of rotatable bonds is 5. The van der Waals surface area contributed by atoms with Crippen molar-refractivity contribution in [3.8, 4) is 0 Å². The van der Waals surface area contributed by atoms with Crippen LogP contribution in [0.15, 0.2) is 24.5 Å². The molecule has 0 atom stereocenters. The van der Waals surface area contributed by atoms with Gasteiger partial charge in [-0.15, -0.1) is 0 Å². The Bertz CT molecular complexity index is 768. The van der Waals surface area contributed by atoms with Crippen LogP contribution in [0.25, 0.3) is 0 Å². The molecule has 1 amide bonds. The maximum absolute atomic E-state index is 12.3. The van der Waals surface area contributed by atoms with Crippen LogP contribution in [0.2, 0.25) is 0 Å². The molecule has 0 saturated heterocycles. The standard InChI is InChI=1S/C18H23N3O3/c1-11-6-12(2)15(13(3)7-11)8-16(22)20-14-9-19-21(10-14)18(4,5)17(23)24/h6-7,9-10H,8H2,1-5H3,(H,20,22)(H,23,24). The minimum atomic E-state index is -1.17. The molecule has 0 saturated carbocycles. The van der Waals surface area contributed by atoms with Crippen LogP contribution in [-0.2, 0) is 21.5 Å². The lowest BCUT2D eigenvalue weighted by Crippen LogP contribution is -2.35. The van der Waals surface area contributed by atoms with Gasteiger partial charge in [-0.2, -0.15) is 5.10 Å². The fourth-order valence-electron chi connectivity index (χ4n) is 2.65. The Balaban J connectivity index is 2.12. The average molecular weight is 329 g/mol. The van der Waals surface area contributed by atoms with Gasteiger partial charge in [-0.25, -0.2) is 4.79 Å². The Morgan fingerprint density at radius 3 is 2.33 bits per heavy atom. The SMILES string of the molecule is Cc1cc(C)c(CC(=O)Nc2cnn(C(C)(C)C(=O)O)c2)c(C)c1. The van der Waals surface area contributed by atoms with Gasteiger partial charge in [-0.05, 0) is 51.3 Å². The third-order valence-corrected chi connectivity index (χ3v) is 4.14. The molecule has 0 aliphatic rings. The van der Waals surface area contributed by atoms with Gasteiger partial charge in [0.25, 0.3) is 0 Å². The zero-order valence-electron chi connectivity index (χ0n) is 14.7. The quantitative estimate of drug-likeness (QED) is 0.883. The van der Waals surface area contributed by atoms with E-state index in [9.17, 15) is 14.7 Å². The highest BCUT2D eigenvalue weighted by Crippen LogP contribution is 2.19. The molecule has 0 fully saturated rings. The smallest absolute Gasteiger partial charge is 0.331 e. The van der Waals surface area contributed by atoms with E-state index in [0.717, 1.165) is 16.7 Å². The van der Waals surface area contributed by atoms with Crippen molar-refractivity contribution in [2.75, 3.05) is 5.32 Å². The summed E-state index contributed by atoms with van der Waals surface area (Å²) in [5, 5.41) is 16.0. The topological polar surface area (TPSA) is 84.2 Å². The monoisotopic (exact) mass is 329 g/mol. The zero-order valence-corrected chi connectivity index (χ0v) is 14.7. The number of amides is 1. The van der Waals surface area contributed by atoms with Crippen LogP contribution in [0.5, 0.6) is 0 Å². The number of hydrogen-bond donors (Lipinski definition) is 2. The van der Waals surface area contributed by atoms with E-state index in [1.165, 1.54) is 22.6 Å². The molecule has 1 heterocycles. The van der Waals surface area contributed by atoms with E-state index < -0.39 is 11.5 Å². The second-order valence-electron chi connectivity index (χ2n) is 6.64. The van der Waals surface area contributed by atoms with Crippen LogP contribution >= 0.6 is 0 Å². The van der Waals surface area contributed by atoms with Gasteiger partial charge in [0, 0.05) is 6.20 Å². The molecule has 0 spiro atoms. The molecule has 6 heteroatoms. The van der Waals surface area contributed by atoms with Crippen molar-refractivity contribution in [3.63, 3.8) is 0 Å². The van der Waals surface area contributed by atoms with Gasteiger partial charge in [0.1, 0.15) is 0 Å². The van der Waals surface area contributed by atoms with Gasteiger partial charge >= 0.3 is 5.97 Å². The first kappa shape index (κ1) is 17.7. The molecule has 2 N–H and O–H groups in total. The molecule has 1 aromatic carbocycles. The highest BCUT2D eigenvalue weighted by Gasteiger charge is 2.30. The number of aryl methyl sites for hydroxylation is 3. The molecule has 0 aliphatic heterocycles. The van der Waals surface area contributed by atoms with Crippen LogP contribution in [0.4, 0.5) is 5.69 Å². The van der Waals surface area contributed by atoms with Crippen LogP contribution in [0.3, 0.4) is 0 Å². The van der Waals surface area contributed by atoms with Crippen molar-refractivity contribution in [3.05, 3.63) is 46.8 Å². The lowest BCUT2D eigenvalue weighted by atomic mass is 9.97. The minimum Gasteiger partial charge on any atom is -0.479 e. The third kappa shape index (κ3) is 3.64. The van der Waals surface area contributed by atoms with Crippen molar-refractivity contribution < 1.29 is 14.7 Å². The number of hydrogen-bond acceptors (Lipinski definition) is 3. The van der Waals surface area contributed by atoms with Gasteiger partial charge < -0.3 is 10.4 Å². The Labute approximate surface area is 141 Å². The predicted octanol–water partition coefficient (Wildman–Crippen LogP) is 2.81. The van der Waals surface area contributed by atoms with Crippen molar-refractivity contribution in [2.24, 2.45) is 0 Å². The van der Waals surface area contributed by atoms with Crippen LogP contribution in [0, 0.1) is 20.8 Å². The summed E-state index contributed by atoms with van der Waals surface area (Å²) >= 11 is 0. The number of aliphatic carboxylic acids is 1. The van der Waals surface area contributed by atoms with E-state index in [2.05, 4.69) is 22.5 Å². The van der Waals surface area contributed by atoms with E-state index in [1.54, 1.807) is 13.8 Å². The Kier molecular flexibility index (Phi) is 4.78. The number of carboxylic acid groups (broad SMARTS) is 1. The molecule has 2 rings (SSSR count). The third-order valence-electron chi connectivity index (χ3n) is 4.14. The van der Waals surface area contributed by atoms with E-state index in [1.807, 2.05) is 20.8 Å². The summed E-state index contributed by atoms with van der Waals surface area (Å²) in [6.45, 7) is 9.12. The van der Waals surface area contributed by atoms with Gasteiger partial charge in [-0.3, -0.25) is 9.48 Å². The molecule has 0 unspecified atom stereocenters. The van der Waals surface area contributed by atoms with Crippen molar-refractivity contribution in [2.45, 2.75) is 46.6 Å². The van der Waals surface area contributed by atoms with Crippen LogP contribution in [0.1, 0.15) is 36.1 Å². The number of anilines is 1. The van der Waals surface area contributed by atoms with Gasteiger partial charge in [0.2, 0.25) is 5.91 Å². The lowest BCUT2D eigenvalue weighted by Gasteiger charge is -2.19. The first-order valence-electron chi connectivity index (χ1n) is 7.76. The summed E-state index contributed by atoms with van der Waals surface area (Å²) in [6.07, 6.45) is 3.25. The number of carbonyl (C=O) groups excluding carboxylic acids is 1. The first-order valence-corrected chi connectivity index (χ1v) is 7.76. The molecule has 128 valence electrons. The summed E-state index contributed by atoms with van der Waals surface area (Å²) < 4.78 is 1.33. The molecular weight excluding hydrogens is 306 g/mol. The number of nitrogens with zero attached hydrogens (tertiary/aromatic N) is 2. The predicted molar refractivity (Wildman–Crippen MR) is 92.2 cm³/mol. The molecule has 0 bridgehead atoms. The number of aromatic nitrogens is 2. The molecule has 6 nitrogen and oxygen atoms in total. The average Bonchev–Trinajstić information content (AvgIpc) is 2.91. The molecule has 24 heavy (non-hydrogen) atoms. The molecular formula is C18H23N3O3. The van der Waals surface area contributed by atoms with Crippen molar-refractivity contribution >= 4 is 17.6 Å². The summed E-state index contributed by atoms with van der Waals surface area (Å²) in [5.41, 5.74) is 3.67. The molecule has 2 aromatic rings. The highest BCUT2D eigenvalue weighted by atomic mass is 16.4. The van der Waals surface area contributed by atoms with Crippen molar-refractivity contribution in [1.29, 1.82) is 0 Å². The number of nitrogens with one attached hydrogen (secondary N) is 1. The molecule has 1 aromatic heterocycles. The molecule has 0 aliphatic carbocycles. The number of carbonyl (C=O) groups is 2. The minimum absolute atomic E-state index is 0.155. The lowest BCUT2D eigenvalue weighted by molar-refractivity contribution is -0.146. The van der Waals surface area contributed by atoms with Gasteiger partial charge in [0.05, 0.1) is 18.3 Å². The summed E-state index contributed by atoms with van der Waals surface area (Å²) in [4.78, 5) is 23.5. The number of benzene rings is 1. The maximum Gasteiger partial charge on any atom is 0.331 e. The van der Waals surface area contributed by atoms with Crippen LogP contribution < -0.4 is 5.32 Å². The Morgan fingerprint density at radius 1 is 1.21 bits per heavy atom. The second kappa shape index (κ2) is 6.47. The zero-order chi connectivity index (χ0) is 18.1. The Hall–Kier alpha value is -2.63. The van der Waals surface area contributed by atoms with Gasteiger partial charge in [0.15, 0.2) is 5.54 Å². The van der Waals surface area contributed by atoms with E-state index in [0.29, 0.717) is 5.69 Å². The summed E-state index contributed by atoms with van der Waals surface area (Å²) in [7, 11) is 0. The highest BCUT2D eigenvalue weighted by molar-refractivity contribution is 5.92. The summed E-state index contributed by atoms with van der Waals surface area (Å²) in [5.74, 6) is -1.15. The molecule has 0 radical (unpaired) electrons.